The average Bonchev–Trinajstić information content (AvgIpc) is 3.25. The molecular formula is C31H30F3NO3. The number of rotatable bonds is 7. The molecule has 0 atom stereocenters. The summed E-state index contributed by atoms with van der Waals surface area (Å²) in [6, 6.07) is 20.5. The van der Waals surface area contributed by atoms with E-state index in [1.54, 1.807) is 13.0 Å². The third-order valence-corrected chi connectivity index (χ3v) is 6.23. The first-order chi connectivity index (χ1) is 18.0. The van der Waals surface area contributed by atoms with E-state index in [0.29, 0.717) is 22.8 Å². The molecule has 38 heavy (non-hydrogen) atoms. The second-order valence-electron chi connectivity index (χ2n) is 10.0. The lowest BCUT2D eigenvalue weighted by Gasteiger charge is -2.19. The Morgan fingerprint density at radius 3 is 2.18 bits per heavy atom. The number of halogens is 3. The quantitative estimate of drug-likeness (QED) is 0.268. The minimum absolute atomic E-state index is 0.0405. The number of benzene rings is 3. The van der Waals surface area contributed by atoms with Gasteiger partial charge >= 0.3 is 6.18 Å². The molecule has 3 aromatic carbocycles. The van der Waals surface area contributed by atoms with Crippen LogP contribution in [0.15, 0.2) is 83.3 Å². The Hall–Kier alpha value is -3.84. The SMILES string of the molecule is Cc1oc(-c2ccc(C(F)(F)F)cc2)nc1COc1cccc(/C(=C/CO)c2ccc(C(C)(C)C)cc2)c1. The zero-order valence-corrected chi connectivity index (χ0v) is 21.8. The van der Waals surface area contributed by atoms with Gasteiger partial charge in [-0.15, -0.1) is 0 Å². The first-order valence-electron chi connectivity index (χ1n) is 12.2. The highest BCUT2D eigenvalue weighted by atomic mass is 19.4. The van der Waals surface area contributed by atoms with Crippen LogP contribution in [0, 0.1) is 6.92 Å². The van der Waals surface area contributed by atoms with Gasteiger partial charge in [0, 0.05) is 5.56 Å². The van der Waals surface area contributed by atoms with Crippen molar-refractivity contribution in [1.82, 2.24) is 4.98 Å². The molecule has 0 amide bonds. The number of aromatic nitrogens is 1. The van der Waals surface area contributed by atoms with Gasteiger partial charge in [0.25, 0.3) is 0 Å². The van der Waals surface area contributed by atoms with Crippen molar-refractivity contribution in [3.8, 4) is 17.2 Å². The molecule has 0 radical (unpaired) electrons. The van der Waals surface area contributed by atoms with E-state index in [-0.39, 0.29) is 24.5 Å². The molecule has 4 aromatic rings. The van der Waals surface area contributed by atoms with Gasteiger partial charge in [0.1, 0.15) is 23.8 Å². The topological polar surface area (TPSA) is 55.5 Å². The molecule has 4 nitrogen and oxygen atoms in total. The van der Waals surface area contributed by atoms with Gasteiger partial charge in [-0.05, 0) is 71.0 Å². The maximum Gasteiger partial charge on any atom is 0.416 e. The minimum Gasteiger partial charge on any atom is -0.487 e. The van der Waals surface area contributed by atoms with Gasteiger partial charge < -0.3 is 14.3 Å². The Kier molecular flexibility index (Phi) is 7.78. The van der Waals surface area contributed by atoms with E-state index in [1.165, 1.54) is 17.7 Å². The smallest absolute Gasteiger partial charge is 0.416 e. The lowest BCUT2D eigenvalue weighted by atomic mass is 9.85. The van der Waals surface area contributed by atoms with Crippen LogP contribution in [-0.2, 0) is 18.2 Å². The van der Waals surface area contributed by atoms with Crippen LogP contribution in [0.2, 0.25) is 0 Å². The Labute approximate surface area is 220 Å². The van der Waals surface area contributed by atoms with E-state index in [9.17, 15) is 18.3 Å². The van der Waals surface area contributed by atoms with Crippen molar-refractivity contribution in [3.63, 3.8) is 0 Å². The van der Waals surface area contributed by atoms with Crippen LogP contribution in [0.25, 0.3) is 17.0 Å². The average molecular weight is 522 g/mol. The number of hydrogen-bond donors (Lipinski definition) is 1. The molecule has 0 aliphatic carbocycles. The zero-order chi connectivity index (χ0) is 27.5. The van der Waals surface area contributed by atoms with E-state index < -0.39 is 11.7 Å². The molecule has 0 saturated heterocycles. The molecule has 0 unspecified atom stereocenters. The van der Waals surface area contributed by atoms with Gasteiger partial charge in [0.05, 0.1) is 12.2 Å². The van der Waals surface area contributed by atoms with Crippen molar-refractivity contribution in [1.29, 1.82) is 0 Å². The van der Waals surface area contributed by atoms with Gasteiger partial charge in [0.2, 0.25) is 5.89 Å². The summed E-state index contributed by atoms with van der Waals surface area (Å²) in [4.78, 5) is 4.43. The standard InChI is InChI=1S/C31H30F3NO3/c1-20-28(35-29(38-20)22-10-14-25(15-11-22)31(32,33)34)19-37-26-7-5-6-23(18-26)27(16-17-36)21-8-12-24(13-9-21)30(2,3)4/h5-16,18,36H,17,19H2,1-4H3/b27-16+. The minimum atomic E-state index is -4.40. The van der Waals surface area contributed by atoms with Crippen LogP contribution in [-0.4, -0.2) is 16.7 Å². The lowest BCUT2D eigenvalue weighted by Crippen LogP contribution is -2.10. The summed E-state index contributed by atoms with van der Waals surface area (Å²) in [5.41, 5.74) is 4.30. The van der Waals surface area contributed by atoms with Crippen LogP contribution < -0.4 is 4.74 Å². The molecule has 0 fully saturated rings. The molecule has 7 heteroatoms. The normalized spacial score (nSPS) is 12.6. The van der Waals surface area contributed by atoms with Gasteiger partial charge in [-0.1, -0.05) is 63.2 Å². The number of alkyl halides is 3. The molecule has 0 saturated carbocycles. The molecule has 0 aliphatic heterocycles. The van der Waals surface area contributed by atoms with Crippen molar-refractivity contribution in [2.24, 2.45) is 0 Å². The maximum absolute atomic E-state index is 12.9. The second kappa shape index (κ2) is 10.9. The number of oxazole rings is 1. The van der Waals surface area contributed by atoms with Gasteiger partial charge in [0.15, 0.2) is 0 Å². The van der Waals surface area contributed by atoms with Gasteiger partial charge in [-0.25, -0.2) is 4.98 Å². The van der Waals surface area contributed by atoms with E-state index in [1.807, 2.05) is 24.3 Å². The summed E-state index contributed by atoms with van der Waals surface area (Å²) < 4.78 is 50.3. The molecule has 0 bridgehead atoms. The number of nitrogens with zero attached hydrogens (tertiary/aromatic N) is 1. The first-order valence-corrected chi connectivity index (χ1v) is 12.2. The largest absolute Gasteiger partial charge is 0.487 e. The Morgan fingerprint density at radius 1 is 0.921 bits per heavy atom. The molecule has 0 spiro atoms. The third kappa shape index (κ3) is 6.34. The zero-order valence-electron chi connectivity index (χ0n) is 21.8. The maximum atomic E-state index is 12.9. The van der Waals surface area contributed by atoms with Crippen LogP contribution >= 0.6 is 0 Å². The van der Waals surface area contributed by atoms with Crippen molar-refractivity contribution >= 4 is 5.57 Å². The Balaban J connectivity index is 1.51. The lowest BCUT2D eigenvalue weighted by molar-refractivity contribution is -0.137. The summed E-state index contributed by atoms with van der Waals surface area (Å²) in [6.45, 7) is 8.24. The highest BCUT2D eigenvalue weighted by Gasteiger charge is 2.30. The van der Waals surface area contributed by atoms with Gasteiger partial charge in [-0.3, -0.25) is 0 Å². The number of aryl methyl sites for hydroxylation is 1. The summed E-state index contributed by atoms with van der Waals surface area (Å²) in [7, 11) is 0. The number of aliphatic hydroxyl groups is 1. The monoisotopic (exact) mass is 521 g/mol. The van der Waals surface area contributed by atoms with E-state index in [2.05, 4.69) is 50.0 Å². The highest BCUT2D eigenvalue weighted by molar-refractivity contribution is 5.80. The summed E-state index contributed by atoms with van der Waals surface area (Å²) in [6.07, 6.45) is -2.63. The number of ether oxygens (including phenoxy) is 1. The molecule has 1 aromatic heterocycles. The molecule has 0 aliphatic rings. The molecule has 1 N–H and O–H groups in total. The van der Waals surface area contributed by atoms with E-state index in [4.69, 9.17) is 9.15 Å². The fourth-order valence-corrected chi connectivity index (χ4v) is 4.04. The fourth-order valence-electron chi connectivity index (χ4n) is 4.04. The first kappa shape index (κ1) is 27.2. The van der Waals surface area contributed by atoms with E-state index in [0.717, 1.165) is 28.8 Å². The molecule has 4 rings (SSSR count). The highest BCUT2D eigenvalue weighted by Crippen LogP contribution is 2.32. The van der Waals surface area contributed by atoms with Crippen molar-refractivity contribution in [2.75, 3.05) is 6.61 Å². The van der Waals surface area contributed by atoms with Crippen molar-refractivity contribution in [3.05, 3.63) is 113 Å². The fraction of sp³-hybridized carbons (Fsp3) is 0.258. The van der Waals surface area contributed by atoms with Crippen LogP contribution in [0.5, 0.6) is 5.75 Å². The van der Waals surface area contributed by atoms with Crippen LogP contribution in [0.4, 0.5) is 13.2 Å². The Bertz CT molecular complexity index is 1410. The summed E-state index contributed by atoms with van der Waals surface area (Å²) >= 11 is 0. The van der Waals surface area contributed by atoms with E-state index >= 15 is 0 Å². The third-order valence-electron chi connectivity index (χ3n) is 6.23. The predicted molar refractivity (Wildman–Crippen MR) is 142 cm³/mol. The van der Waals surface area contributed by atoms with Crippen LogP contribution in [0.3, 0.4) is 0 Å². The van der Waals surface area contributed by atoms with Crippen molar-refractivity contribution < 1.29 is 27.4 Å². The van der Waals surface area contributed by atoms with Gasteiger partial charge in [-0.2, -0.15) is 13.2 Å². The number of aliphatic hydroxyl groups excluding tert-OH is 1. The molecule has 1 heterocycles. The summed E-state index contributed by atoms with van der Waals surface area (Å²) in [5.74, 6) is 1.36. The Morgan fingerprint density at radius 2 is 1.58 bits per heavy atom. The number of hydrogen-bond acceptors (Lipinski definition) is 4. The predicted octanol–water partition coefficient (Wildman–Crippen LogP) is 7.97. The second-order valence-corrected chi connectivity index (χ2v) is 10.0. The molecule has 198 valence electrons. The summed E-state index contributed by atoms with van der Waals surface area (Å²) in [5, 5.41) is 9.66. The van der Waals surface area contributed by atoms with Crippen molar-refractivity contribution in [2.45, 2.75) is 45.9 Å². The van der Waals surface area contributed by atoms with Crippen LogP contribution in [0.1, 0.15) is 54.5 Å². The molecular weight excluding hydrogens is 491 g/mol.